The molecular formula is C19H23ClN2O4S. The maximum Gasteiger partial charge on any atom is 0.248 e. The van der Waals surface area contributed by atoms with Gasteiger partial charge in [0.05, 0.1) is 19.1 Å². The first-order valence-corrected chi connectivity index (χ1v) is 10.6. The average molecular weight is 411 g/mol. The third kappa shape index (κ3) is 4.93. The zero-order valence-corrected chi connectivity index (χ0v) is 17.3. The molecule has 0 saturated heterocycles. The lowest BCUT2D eigenvalue weighted by Crippen LogP contribution is -2.47. The van der Waals surface area contributed by atoms with Gasteiger partial charge < -0.3 is 10.1 Å². The number of amides is 1. The van der Waals surface area contributed by atoms with E-state index in [0.717, 1.165) is 16.1 Å². The van der Waals surface area contributed by atoms with Gasteiger partial charge in [-0.1, -0.05) is 30.7 Å². The minimum atomic E-state index is -3.72. The van der Waals surface area contributed by atoms with Gasteiger partial charge in [0.1, 0.15) is 11.8 Å². The molecule has 8 heteroatoms. The van der Waals surface area contributed by atoms with Crippen LogP contribution >= 0.6 is 11.6 Å². The zero-order chi connectivity index (χ0) is 20.2. The molecule has 1 atom stereocenters. The maximum atomic E-state index is 12.9. The Morgan fingerprint density at radius 3 is 2.52 bits per heavy atom. The number of halogens is 1. The lowest BCUT2D eigenvalue weighted by Gasteiger charge is -2.30. The summed E-state index contributed by atoms with van der Waals surface area (Å²) >= 11 is 6.10. The summed E-state index contributed by atoms with van der Waals surface area (Å²) in [5, 5.41) is 3.31. The van der Waals surface area contributed by atoms with Gasteiger partial charge in [-0.2, -0.15) is 0 Å². The molecular weight excluding hydrogens is 388 g/mol. The van der Waals surface area contributed by atoms with E-state index in [1.807, 2.05) is 0 Å². The van der Waals surface area contributed by atoms with Crippen molar-refractivity contribution in [2.45, 2.75) is 26.3 Å². The predicted octanol–water partition coefficient (Wildman–Crippen LogP) is 3.84. The van der Waals surface area contributed by atoms with Crippen molar-refractivity contribution in [3.63, 3.8) is 0 Å². The Morgan fingerprint density at radius 1 is 1.26 bits per heavy atom. The Labute approximate surface area is 165 Å². The number of ether oxygens (including phenoxy) is 1. The SMILES string of the molecule is CCC(C(=O)Nc1cccc(Cl)c1C)N(c1cccc(OC)c1)S(C)(=O)=O. The summed E-state index contributed by atoms with van der Waals surface area (Å²) in [5.74, 6) is 0.0678. The van der Waals surface area contributed by atoms with Crippen LogP contribution in [0.3, 0.4) is 0 Å². The number of carbonyl (C=O) groups excluding carboxylic acids is 1. The summed E-state index contributed by atoms with van der Waals surface area (Å²) in [6.45, 7) is 3.54. The van der Waals surface area contributed by atoms with Crippen LogP contribution < -0.4 is 14.4 Å². The Balaban J connectivity index is 2.43. The van der Waals surface area contributed by atoms with Crippen LogP contribution in [0.5, 0.6) is 5.75 Å². The van der Waals surface area contributed by atoms with Crippen molar-refractivity contribution in [2.24, 2.45) is 0 Å². The van der Waals surface area contributed by atoms with E-state index in [1.165, 1.54) is 7.11 Å². The van der Waals surface area contributed by atoms with Crippen LogP contribution in [-0.2, 0) is 14.8 Å². The summed E-state index contributed by atoms with van der Waals surface area (Å²) in [6.07, 6.45) is 1.36. The fourth-order valence-corrected chi connectivity index (χ4v) is 4.14. The molecule has 0 aromatic heterocycles. The highest BCUT2D eigenvalue weighted by Crippen LogP contribution is 2.28. The highest BCUT2D eigenvalue weighted by atomic mass is 35.5. The second-order valence-corrected chi connectivity index (χ2v) is 8.35. The molecule has 146 valence electrons. The van der Waals surface area contributed by atoms with E-state index in [9.17, 15) is 13.2 Å². The summed E-state index contributed by atoms with van der Waals surface area (Å²) < 4.78 is 31.3. The second kappa shape index (κ2) is 8.63. The third-order valence-electron chi connectivity index (χ3n) is 4.16. The molecule has 0 bridgehead atoms. The van der Waals surface area contributed by atoms with E-state index in [-0.39, 0.29) is 6.42 Å². The molecule has 27 heavy (non-hydrogen) atoms. The summed E-state index contributed by atoms with van der Waals surface area (Å²) in [7, 11) is -2.22. The second-order valence-electron chi connectivity index (χ2n) is 6.09. The van der Waals surface area contributed by atoms with Crippen LogP contribution in [0.25, 0.3) is 0 Å². The van der Waals surface area contributed by atoms with Crippen molar-refractivity contribution in [1.29, 1.82) is 0 Å². The van der Waals surface area contributed by atoms with Crippen molar-refractivity contribution in [2.75, 3.05) is 23.0 Å². The Hall–Kier alpha value is -2.25. The van der Waals surface area contributed by atoms with E-state index in [1.54, 1.807) is 56.3 Å². The van der Waals surface area contributed by atoms with Gasteiger partial charge in [-0.3, -0.25) is 9.10 Å². The number of rotatable bonds is 7. The van der Waals surface area contributed by atoms with Crippen molar-refractivity contribution < 1.29 is 17.9 Å². The molecule has 0 heterocycles. The largest absolute Gasteiger partial charge is 0.497 e. The van der Waals surface area contributed by atoms with Crippen LogP contribution in [0.4, 0.5) is 11.4 Å². The maximum absolute atomic E-state index is 12.9. The smallest absolute Gasteiger partial charge is 0.248 e. The lowest BCUT2D eigenvalue weighted by atomic mass is 10.1. The highest BCUT2D eigenvalue weighted by molar-refractivity contribution is 7.92. The fourth-order valence-electron chi connectivity index (χ4n) is 2.77. The quantitative estimate of drug-likeness (QED) is 0.752. The van der Waals surface area contributed by atoms with E-state index >= 15 is 0 Å². The molecule has 1 amide bonds. The third-order valence-corrected chi connectivity index (χ3v) is 5.75. The standard InChI is InChI=1S/C19H23ClN2O4S/c1-5-18(19(23)21-17-11-7-10-16(20)13(17)2)22(27(4,24)25)14-8-6-9-15(12-14)26-3/h6-12,18H,5H2,1-4H3,(H,21,23). The molecule has 2 rings (SSSR count). The van der Waals surface area contributed by atoms with E-state index in [2.05, 4.69) is 5.32 Å². The normalized spacial score (nSPS) is 12.3. The van der Waals surface area contributed by atoms with Crippen molar-refractivity contribution in [1.82, 2.24) is 0 Å². The van der Waals surface area contributed by atoms with E-state index < -0.39 is 22.0 Å². The Bertz CT molecular complexity index is 931. The topological polar surface area (TPSA) is 75.7 Å². The average Bonchev–Trinajstić information content (AvgIpc) is 2.62. The highest BCUT2D eigenvalue weighted by Gasteiger charge is 2.32. The number of nitrogens with one attached hydrogen (secondary N) is 1. The lowest BCUT2D eigenvalue weighted by molar-refractivity contribution is -0.117. The number of benzene rings is 2. The monoisotopic (exact) mass is 410 g/mol. The molecule has 0 aliphatic rings. The fraction of sp³-hybridized carbons (Fsp3) is 0.316. The molecule has 6 nitrogen and oxygen atoms in total. The minimum Gasteiger partial charge on any atom is -0.497 e. The van der Waals surface area contributed by atoms with Gasteiger partial charge >= 0.3 is 0 Å². The van der Waals surface area contributed by atoms with Gasteiger partial charge in [0.15, 0.2) is 0 Å². The molecule has 0 aliphatic heterocycles. The summed E-state index contributed by atoms with van der Waals surface area (Å²) in [6, 6.07) is 10.8. The molecule has 2 aromatic carbocycles. The van der Waals surface area contributed by atoms with Gasteiger partial charge in [-0.15, -0.1) is 0 Å². The van der Waals surface area contributed by atoms with Crippen molar-refractivity contribution >= 4 is 38.9 Å². The molecule has 1 N–H and O–H groups in total. The number of carbonyl (C=O) groups is 1. The van der Waals surface area contributed by atoms with Crippen LogP contribution in [0, 0.1) is 6.92 Å². The van der Waals surface area contributed by atoms with E-state index in [4.69, 9.17) is 16.3 Å². The number of anilines is 2. The summed E-state index contributed by atoms with van der Waals surface area (Å²) in [5.41, 5.74) is 1.63. The summed E-state index contributed by atoms with van der Waals surface area (Å²) in [4.78, 5) is 12.9. The molecule has 0 saturated carbocycles. The first kappa shape index (κ1) is 21.1. The van der Waals surface area contributed by atoms with Gasteiger partial charge in [-0.05, 0) is 43.2 Å². The molecule has 2 aromatic rings. The predicted molar refractivity (Wildman–Crippen MR) is 109 cm³/mol. The Morgan fingerprint density at radius 2 is 1.93 bits per heavy atom. The van der Waals surface area contributed by atoms with Crippen LogP contribution in [0.1, 0.15) is 18.9 Å². The van der Waals surface area contributed by atoms with Crippen molar-refractivity contribution in [3.05, 3.63) is 53.1 Å². The molecule has 0 spiro atoms. The number of sulfonamides is 1. The van der Waals surface area contributed by atoms with Crippen LogP contribution in [0.2, 0.25) is 5.02 Å². The molecule has 1 unspecified atom stereocenters. The first-order valence-electron chi connectivity index (χ1n) is 8.38. The van der Waals surface area contributed by atoms with Crippen LogP contribution in [-0.4, -0.2) is 33.7 Å². The van der Waals surface area contributed by atoms with Crippen LogP contribution in [0.15, 0.2) is 42.5 Å². The minimum absolute atomic E-state index is 0.287. The number of nitrogens with zero attached hydrogens (tertiary/aromatic N) is 1. The molecule has 0 aliphatic carbocycles. The number of methoxy groups -OCH3 is 1. The zero-order valence-electron chi connectivity index (χ0n) is 15.7. The number of hydrogen-bond donors (Lipinski definition) is 1. The number of hydrogen-bond acceptors (Lipinski definition) is 4. The van der Waals surface area contributed by atoms with Crippen molar-refractivity contribution in [3.8, 4) is 5.75 Å². The van der Waals surface area contributed by atoms with Gasteiger partial charge in [-0.25, -0.2) is 8.42 Å². The molecule has 0 fully saturated rings. The van der Waals surface area contributed by atoms with Gasteiger partial charge in [0.25, 0.3) is 0 Å². The molecule has 0 radical (unpaired) electrons. The first-order chi connectivity index (χ1) is 12.7. The Kier molecular flexibility index (Phi) is 6.73. The van der Waals surface area contributed by atoms with E-state index in [0.29, 0.717) is 22.1 Å². The van der Waals surface area contributed by atoms with Gasteiger partial charge in [0.2, 0.25) is 15.9 Å². The van der Waals surface area contributed by atoms with Gasteiger partial charge in [0, 0.05) is 16.8 Å².